The van der Waals surface area contributed by atoms with Gasteiger partial charge < -0.3 is 43.4 Å². The molecule has 0 radical (unpaired) electrons. The van der Waals surface area contributed by atoms with Gasteiger partial charge in [-0.2, -0.15) is 0 Å². The average molecular weight is 1590 g/mol. The standard InChI is InChI=1S/C23H20O3.C17H16O3.C12H18O2.C10H14O2.C9H8O3.C9H16O.C8H8.C7H12O.6CH4/c24-22-20-18(13-11-16-7-3-1-4-8-16)15-19(21(20)23(25)26-22)14-12-17-9-5-2-6-10-17;1-2-12-10-13(9-8-11-6-4-3-5-7-11)15-14(12)16(18)20-17(15)19;1-9(2)7-13-11-5-6-12(11)14-8-10(3)4;1-7-3-9(11-5-7)10-4-8(2)6-12-10;10-8-6-4-1-2-5(3-4)7(6)9(11)12-8;1-4-5-6-7-9(10)8(2)3;1-2-8-6-4-3-5-7-8;1-6-4-2-3-5-7(6)8;;;;;;/h1-14,18-21H,15H2;2-9,12-15H,1,10H2;5-6,11-12H,1,3,7-8H2,2,4H3;3-4,9-10H,5-6H2,1-2H3;1-2,4-7H,3H2;4,9-10H,1-2,5-7H2,3H3;2-7H,1H2;4,7-8H,2-3,5H2,1H3;6*1H4/b13-11+,14-12+;9-8+;;;;;;;;;;;;/t18?,19?,20-,21?;12?,13?,14-,15?;11-,12+;9-,10+;4?,5?,6-,7?;;;;;;;;;/m00..0........./s1. The van der Waals surface area contributed by atoms with Crippen LogP contribution in [0, 0.1) is 71.0 Å². The topological polar surface area (TPSA) is 207 Å². The SMILES string of the molecule is C.C.C.C.C.C.C=C(C)CO[C@H]1C=C[C@H]1OCC(=C)C.C=CC1CC(/C=C/c2ccccc2)C2C(=O)OC(=O)[C@@H]12.C=CCCCC(O)C(=C)C.C=Cc1ccccc1.CC1=CCCCC1O.CC1=C[C@@H]([C@H]2C=C(C)CO2)OC1.O=C1OC(=O)[C@H]2C(/C=C/c3ccccc3)CC(/C=C/c3ccccc3)C12.O=C1OC(=O)[C@H]2C3C=CC(C3)C12. The Hall–Kier alpha value is -9.58. The van der Waals surface area contributed by atoms with Gasteiger partial charge in [-0.1, -0.05) is 306 Å². The molecule has 6 aliphatic carbocycles. The molecule has 4 aromatic carbocycles. The molecule has 15 heteroatoms. The van der Waals surface area contributed by atoms with E-state index in [1.165, 1.54) is 16.7 Å². The molecular formula is C101H136O15. The van der Waals surface area contributed by atoms with Gasteiger partial charge >= 0.3 is 35.8 Å². The number of esters is 6. The number of aliphatic hydroxyl groups excluding tert-OH is 2. The van der Waals surface area contributed by atoms with Crippen LogP contribution in [-0.4, -0.2) is 109 Å². The monoisotopic (exact) mass is 1590 g/mol. The Morgan fingerprint density at radius 3 is 1.13 bits per heavy atom. The van der Waals surface area contributed by atoms with Gasteiger partial charge in [0.05, 0.1) is 74.1 Å². The second-order valence-corrected chi connectivity index (χ2v) is 30.0. The predicted molar refractivity (Wildman–Crippen MR) is 475 cm³/mol. The van der Waals surface area contributed by atoms with Crippen molar-refractivity contribution in [3.8, 4) is 0 Å². The van der Waals surface area contributed by atoms with Crippen LogP contribution < -0.4 is 0 Å². The molecule has 4 aromatic rings. The van der Waals surface area contributed by atoms with Gasteiger partial charge in [0.1, 0.15) is 24.4 Å². The Kier molecular flexibility index (Phi) is 46.1. The average Bonchev–Trinajstić information content (AvgIpc) is 1.60. The van der Waals surface area contributed by atoms with Gasteiger partial charge in [0, 0.05) is 0 Å². The number of benzene rings is 4. The minimum atomic E-state index is -0.388. The zero-order valence-electron chi connectivity index (χ0n) is 64.8. The van der Waals surface area contributed by atoms with E-state index in [9.17, 15) is 33.9 Å². The van der Waals surface area contributed by atoms with Crippen LogP contribution >= 0.6 is 0 Å². The number of rotatable bonds is 20. The second kappa shape index (κ2) is 52.2. The minimum Gasteiger partial charge on any atom is -0.393 e. The van der Waals surface area contributed by atoms with E-state index in [2.05, 4.69) is 88.4 Å². The van der Waals surface area contributed by atoms with Crippen LogP contribution in [0.3, 0.4) is 0 Å². The molecule has 0 aromatic heterocycles. The van der Waals surface area contributed by atoms with Crippen molar-refractivity contribution in [3.63, 3.8) is 0 Å². The summed E-state index contributed by atoms with van der Waals surface area (Å²) < 4.78 is 36.5. The zero-order valence-corrected chi connectivity index (χ0v) is 64.8. The lowest BCUT2D eigenvalue weighted by Gasteiger charge is -2.29. The first-order valence-corrected chi connectivity index (χ1v) is 38.5. The summed E-state index contributed by atoms with van der Waals surface area (Å²) in [6, 6.07) is 39.9. The lowest BCUT2D eigenvalue weighted by Crippen LogP contribution is -2.36. The summed E-state index contributed by atoms with van der Waals surface area (Å²) in [5.41, 5.74) is 11.1. The molecule has 11 aliphatic rings. The predicted octanol–water partition coefficient (Wildman–Crippen LogP) is 21.8. The number of fused-ring (bicyclic) bond motifs is 7. The number of unbranched alkanes of at least 4 members (excludes halogenated alkanes) is 1. The van der Waals surface area contributed by atoms with E-state index in [0.29, 0.717) is 13.2 Å². The molecule has 0 amide bonds. The fraction of sp³-hybridized carbons (Fsp3) is 0.426. The molecule has 5 heterocycles. The van der Waals surface area contributed by atoms with Crippen molar-refractivity contribution in [1.82, 2.24) is 0 Å². The Labute approximate surface area is 695 Å². The number of allylic oxidation sites excluding steroid dienone is 8. The molecule has 3 saturated carbocycles. The van der Waals surface area contributed by atoms with Crippen LogP contribution in [0.1, 0.15) is 166 Å². The largest absolute Gasteiger partial charge is 0.393 e. The van der Waals surface area contributed by atoms with Crippen molar-refractivity contribution in [1.29, 1.82) is 0 Å². The minimum absolute atomic E-state index is 0. The smallest absolute Gasteiger partial charge is 0.318 e. The van der Waals surface area contributed by atoms with Crippen molar-refractivity contribution in [2.75, 3.05) is 26.4 Å². The third-order valence-corrected chi connectivity index (χ3v) is 21.0. The highest BCUT2D eigenvalue weighted by Crippen LogP contribution is 2.52. The van der Waals surface area contributed by atoms with Crippen molar-refractivity contribution in [3.05, 3.63) is 289 Å². The molecule has 18 atom stereocenters. The number of hydrogen-bond donors (Lipinski definition) is 2. The molecule has 15 nitrogen and oxygen atoms in total. The first-order valence-electron chi connectivity index (χ1n) is 38.5. The molecule has 11 unspecified atom stereocenters. The summed E-state index contributed by atoms with van der Waals surface area (Å²) in [5, 5.41) is 18.3. The van der Waals surface area contributed by atoms with Crippen LogP contribution in [0.15, 0.2) is 267 Å². The summed E-state index contributed by atoms with van der Waals surface area (Å²) in [4.78, 5) is 70.3. The second-order valence-electron chi connectivity index (χ2n) is 30.0. The van der Waals surface area contributed by atoms with Crippen molar-refractivity contribution < 1.29 is 72.1 Å². The molecule has 2 N–H and O–H groups in total. The first kappa shape index (κ1) is 102. The Morgan fingerprint density at radius 1 is 0.491 bits per heavy atom. The molecule has 15 rings (SSSR count). The maximum absolute atomic E-state index is 12.2. The first-order chi connectivity index (χ1) is 53.0. The van der Waals surface area contributed by atoms with Crippen molar-refractivity contribution >= 4 is 60.1 Å². The lowest BCUT2D eigenvalue weighted by molar-refractivity contribution is -0.156. The molecule has 2 bridgehead atoms. The van der Waals surface area contributed by atoms with Crippen molar-refractivity contribution in [2.45, 2.75) is 181 Å². The highest BCUT2D eigenvalue weighted by Gasteiger charge is 2.59. The van der Waals surface area contributed by atoms with E-state index in [-0.39, 0.29) is 188 Å². The van der Waals surface area contributed by atoms with E-state index in [1.807, 2.05) is 210 Å². The number of aliphatic hydroxyl groups is 2. The van der Waals surface area contributed by atoms with Crippen LogP contribution in [-0.2, 0) is 61.9 Å². The van der Waals surface area contributed by atoms with Gasteiger partial charge in [-0.3, -0.25) is 28.8 Å². The fourth-order valence-corrected chi connectivity index (χ4v) is 14.9. The van der Waals surface area contributed by atoms with Crippen LogP contribution in [0.5, 0.6) is 0 Å². The zero-order chi connectivity index (χ0) is 79.2. The quantitative estimate of drug-likeness (QED) is 0.0277. The summed E-state index contributed by atoms with van der Waals surface area (Å²) in [5.74, 6) is -3.18. The summed E-state index contributed by atoms with van der Waals surface area (Å²) in [6.07, 6.45) is 40.8. The highest BCUT2D eigenvalue weighted by molar-refractivity contribution is 5.99. The summed E-state index contributed by atoms with van der Waals surface area (Å²) >= 11 is 0. The fourth-order valence-electron chi connectivity index (χ4n) is 14.9. The maximum atomic E-state index is 12.2. The summed E-state index contributed by atoms with van der Waals surface area (Å²) in [7, 11) is 0. The maximum Gasteiger partial charge on any atom is 0.318 e. The van der Waals surface area contributed by atoms with E-state index >= 15 is 0 Å². The normalized spacial score (nSPS) is 27.2. The number of hydrogen-bond acceptors (Lipinski definition) is 15. The molecular weight excluding hydrogens is 1450 g/mol. The van der Waals surface area contributed by atoms with E-state index in [1.54, 1.807) is 6.08 Å². The number of carbonyl (C=O) groups excluding carboxylic acids is 6. The highest BCUT2D eigenvalue weighted by atomic mass is 16.6. The van der Waals surface area contributed by atoms with Gasteiger partial charge in [-0.15, -0.1) is 13.2 Å². The van der Waals surface area contributed by atoms with Crippen LogP contribution in [0.2, 0.25) is 0 Å². The molecule has 116 heavy (non-hydrogen) atoms. The molecule has 3 saturated heterocycles. The van der Waals surface area contributed by atoms with Gasteiger partial charge in [0.25, 0.3) is 0 Å². The van der Waals surface area contributed by atoms with E-state index in [4.69, 9.17) is 33.5 Å². The Balaban J connectivity index is 0.000000461. The van der Waals surface area contributed by atoms with Gasteiger partial charge in [-0.05, 0) is 174 Å². The third kappa shape index (κ3) is 30.5. The molecule has 6 fully saturated rings. The number of ether oxygens (including phenoxy) is 7. The van der Waals surface area contributed by atoms with Crippen LogP contribution in [0.25, 0.3) is 24.3 Å². The lowest BCUT2D eigenvalue weighted by atomic mass is 9.85. The molecule has 630 valence electrons. The van der Waals surface area contributed by atoms with Gasteiger partial charge in [0.15, 0.2) is 0 Å². The molecule has 0 spiro atoms. The summed E-state index contributed by atoms with van der Waals surface area (Å²) in [6.45, 7) is 36.9. The van der Waals surface area contributed by atoms with E-state index in [0.717, 1.165) is 110 Å². The number of cyclic esters (lactones) is 6. The third-order valence-electron chi connectivity index (χ3n) is 21.0. The van der Waals surface area contributed by atoms with Crippen molar-refractivity contribution in [2.24, 2.45) is 71.0 Å². The Morgan fingerprint density at radius 2 is 0.845 bits per heavy atom. The molecule has 5 aliphatic heterocycles. The van der Waals surface area contributed by atoms with Crippen LogP contribution in [0.4, 0.5) is 0 Å². The Bertz CT molecular complexity index is 3910. The van der Waals surface area contributed by atoms with Gasteiger partial charge in [-0.25, -0.2) is 0 Å². The number of carbonyl (C=O) groups is 6. The van der Waals surface area contributed by atoms with Gasteiger partial charge in [0.2, 0.25) is 0 Å². The van der Waals surface area contributed by atoms with E-state index < -0.39 is 0 Å².